The average molecular weight is 451 g/mol. The topological polar surface area (TPSA) is 126 Å². The van der Waals surface area contributed by atoms with Gasteiger partial charge in [-0.15, -0.1) is 0 Å². The van der Waals surface area contributed by atoms with Gasteiger partial charge in [0.05, 0.1) is 6.54 Å². The first kappa shape index (κ1) is 21.1. The van der Waals surface area contributed by atoms with Crippen LogP contribution in [0.15, 0.2) is 91.0 Å². The van der Waals surface area contributed by atoms with Gasteiger partial charge in [0.25, 0.3) is 5.91 Å². The number of hydrogen-bond acceptors (Lipinski definition) is 7. The van der Waals surface area contributed by atoms with Crippen molar-refractivity contribution in [2.24, 2.45) is 0 Å². The lowest BCUT2D eigenvalue weighted by Gasteiger charge is -2.28. The number of anilines is 3. The molecule has 1 aromatic heterocycles. The summed E-state index contributed by atoms with van der Waals surface area (Å²) in [6.45, 7) is -0.164. The fourth-order valence-corrected chi connectivity index (χ4v) is 4.01. The summed E-state index contributed by atoms with van der Waals surface area (Å²) < 4.78 is 0. The van der Waals surface area contributed by atoms with E-state index in [-0.39, 0.29) is 24.3 Å². The zero-order valence-electron chi connectivity index (χ0n) is 18.1. The van der Waals surface area contributed by atoms with Crippen molar-refractivity contribution in [2.45, 2.75) is 12.1 Å². The lowest BCUT2D eigenvalue weighted by molar-refractivity contribution is -0.130. The number of imide groups is 1. The van der Waals surface area contributed by atoms with Gasteiger partial charge in [-0.2, -0.15) is 15.0 Å². The molecule has 1 aliphatic heterocycles. The van der Waals surface area contributed by atoms with Crippen LogP contribution in [0.2, 0.25) is 0 Å². The van der Waals surface area contributed by atoms with Crippen molar-refractivity contribution in [1.29, 1.82) is 0 Å². The molecule has 1 aliphatic rings. The maximum atomic E-state index is 13.8. The standard InChI is InChI=1S/C25H21N7O2/c26-22-28-20(29-23(30-22)27-19-14-8-3-9-15-19)16-32-21(33)25(31-24(32)34,17-10-4-1-5-11-17)18-12-6-2-7-13-18/h1-15H,16H2,(H,31,34)(H3,26,27,28,29,30). The summed E-state index contributed by atoms with van der Waals surface area (Å²) in [6.07, 6.45) is 0. The van der Waals surface area contributed by atoms with Gasteiger partial charge in [-0.1, -0.05) is 78.9 Å². The molecule has 168 valence electrons. The molecule has 0 saturated carbocycles. The zero-order chi connectivity index (χ0) is 23.5. The van der Waals surface area contributed by atoms with Crippen molar-refractivity contribution in [3.8, 4) is 0 Å². The molecule has 2 heterocycles. The monoisotopic (exact) mass is 451 g/mol. The minimum atomic E-state index is -1.36. The molecule has 1 saturated heterocycles. The molecule has 0 spiro atoms. The van der Waals surface area contributed by atoms with E-state index >= 15 is 0 Å². The van der Waals surface area contributed by atoms with Gasteiger partial charge in [-0.05, 0) is 23.3 Å². The maximum Gasteiger partial charge on any atom is 0.325 e. The van der Waals surface area contributed by atoms with Gasteiger partial charge in [-0.25, -0.2) is 4.79 Å². The van der Waals surface area contributed by atoms with Gasteiger partial charge in [-0.3, -0.25) is 9.69 Å². The summed E-state index contributed by atoms with van der Waals surface area (Å²) >= 11 is 0. The molecule has 0 atom stereocenters. The van der Waals surface area contributed by atoms with E-state index in [9.17, 15) is 9.59 Å². The number of aromatic nitrogens is 3. The number of carbonyl (C=O) groups excluding carboxylic acids is 2. The Balaban J connectivity index is 1.49. The van der Waals surface area contributed by atoms with Crippen LogP contribution < -0.4 is 16.4 Å². The van der Waals surface area contributed by atoms with E-state index < -0.39 is 17.5 Å². The molecule has 0 radical (unpaired) electrons. The van der Waals surface area contributed by atoms with Crippen molar-refractivity contribution in [3.05, 3.63) is 108 Å². The van der Waals surface area contributed by atoms with Crippen molar-refractivity contribution in [1.82, 2.24) is 25.2 Å². The van der Waals surface area contributed by atoms with Gasteiger partial charge in [0.15, 0.2) is 11.4 Å². The molecule has 9 nitrogen and oxygen atoms in total. The first-order chi connectivity index (χ1) is 16.6. The lowest BCUT2D eigenvalue weighted by atomic mass is 9.82. The number of nitrogens with zero attached hydrogens (tertiary/aromatic N) is 4. The summed E-state index contributed by atoms with van der Waals surface area (Å²) in [5.41, 5.74) is 6.61. The number of carbonyl (C=O) groups is 2. The number of benzene rings is 3. The molecule has 34 heavy (non-hydrogen) atoms. The fourth-order valence-electron chi connectivity index (χ4n) is 4.01. The molecule has 0 bridgehead atoms. The van der Waals surface area contributed by atoms with Gasteiger partial charge in [0, 0.05) is 5.69 Å². The molecule has 4 N–H and O–H groups in total. The highest BCUT2D eigenvalue weighted by Gasteiger charge is 2.53. The smallest absolute Gasteiger partial charge is 0.325 e. The number of urea groups is 1. The molecular formula is C25H21N7O2. The van der Waals surface area contributed by atoms with E-state index in [4.69, 9.17) is 5.73 Å². The highest BCUT2D eigenvalue weighted by molar-refractivity contribution is 6.09. The third kappa shape index (κ3) is 3.79. The number of nitrogens with one attached hydrogen (secondary N) is 2. The molecule has 3 amide bonds. The predicted molar refractivity (Wildman–Crippen MR) is 127 cm³/mol. The van der Waals surface area contributed by atoms with Crippen molar-refractivity contribution in [3.63, 3.8) is 0 Å². The molecule has 9 heteroatoms. The minimum Gasteiger partial charge on any atom is -0.368 e. The van der Waals surface area contributed by atoms with E-state index in [0.29, 0.717) is 11.1 Å². The second-order valence-corrected chi connectivity index (χ2v) is 7.73. The van der Waals surface area contributed by atoms with Crippen molar-refractivity contribution in [2.75, 3.05) is 11.1 Å². The molecule has 5 rings (SSSR count). The molecular weight excluding hydrogens is 430 g/mol. The lowest BCUT2D eigenvalue weighted by Crippen LogP contribution is -2.45. The summed E-state index contributed by atoms with van der Waals surface area (Å²) in [6, 6.07) is 27.1. The maximum absolute atomic E-state index is 13.8. The summed E-state index contributed by atoms with van der Waals surface area (Å²) in [5.74, 6) is -0.0381. The van der Waals surface area contributed by atoms with Crippen LogP contribution >= 0.6 is 0 Å². The number of rotatable bonds is 6. The van der Waals surface area contributed by atoms with Crippen LogP contribution in [-0.2, 0) is 16.9 Å². The normalized spacial score (nSPS) is 14.6. The third-order valence-electron chi connectivity index (χ3n) is 5.55. The fraction of sp³-hybridized carbons (Fsp3) is 0.0800. The zero-order valence-corrected chi connectivity index (χ0v) is 18.1. The van der Waals surface area contributed by atoms with E-state index in [2.05, 4.69) is 25.6 Å². The molecule has 4 aromatic rings. The van der Waals surface area contributed by atoms with E-state index in [0.717, 1.165) is 10.6 Å². The number of hydrogen-bond donors (Lipinski definition) is 3. The average Bonchev–Trinajstić information content (AvgIpc) is 3.11. The molecule has 0 unspecified atom stereocenters. The summed E-state index contributed by atoms with van der Waals surface area (Å²) in [7, 11) is 0. The first-order valence-electron chi connectivity index (χ1n) is 10.6. The second-order valence-electron chi connectivity index (χ2n) is 7.73. The highest BCUT2D eigenvalue weighted by Crippen LogP contribution is 2.36. The highest BCUT2D eigenvalue weighted by atomic mass is 16.2. The first-order valence-corrected chi connectivity index (χ1v) is 10.6. The number of nitrogen functional groups attached to an aromatic ring is 1. The Morgan fingerprint density at radius 2 is 1.35 bits per heavy atom. The van der Waals surface area contributed by atoms with Gasteiger partial charge in [0.2, 0.25) is 11.9 Å². The van der Waals surface area contributed by atoms with Crippen LogP contribution in [0, 0.1) is 0 Å². The Kier molecular flexibility index (Phi) is 5.35. The minimum absolute atomic E-state index is 0.0205. The van der Waals surface area contributed by atoms with Gasteiger partial charge < -0.3 is 16.4 Å². The van der Waals surface area contributed by atoms with Crippen LogP contribution in [-0.4, -0.2) is 31.8 Å². The Morgan fingerprint density at radius 1 is 0.794 bits per heavy atom. The summed E-state index contributed by atoms with van der Waals surface area (Å²) in [5, 5.41) is 5.96. The van der Waals surface area contributed by atoms with E-state index in [1.54, 1.807) is 0 Å². The second kappa shape index (κ2) is 8.62. The van der Waals surface area contributed by atoms with Crippen molar-refractivity contribution >= 4 is 29.5 Å². The molecule has 1 fully saturated rings. The van der Waals surface area contributed by atoms with Crippen LogP contribution in [0.5, 0.6) is 0 Å². The van der Waals surface area contributed by atoms with Crippen LogP contribution in [0.1, 0.15) is 17.0 Å². The number of para-hydroxylation sites is 1. The predicted octanol–water partition coefficient (Wildman–Crippen LogP) is 3.19. The van der Waals surface area contributed by atoms with Crippen LogP contribution in [0.4, 0.5) is 22.4 Å². The Bertz CT molecular complexity index is 1290. The molecule has 0 aliphatic carbocycles. The SMILES string of the molecule is Nc1nc(CN2C(=O)NC(c3ccccc3)(c3ccccc3)C2=O)nc(Nc2ccccc2)n1. The van der Waals surface area contributed by atoms with E-state index in [1.807, 2.05) is 91.0 Å². The third-order valence-corrected chi connectivity index (χ3v) is 5.55. The van der Waals surface area contributed by atoms with Crippen molar-refractivity contribution < 1.29 is 9.59 Å². The largest absolute Gasteiger partial charge is 0.368 e. The number of nitrogens with two attached hydrogens (primary N) is 1. The Morgan fingerprint density at radius 3 is 1.94 bits per heavy atom. The van der Waals surface area contributed by atoms with Gasteiger partial charge in [0.1, 0.15) is 0 Å². The quantitative estimate of drug-likeness (QED) is 0.384. The van der Waals surface area contributed by atoms with Crippen LogP contribution in [0.25, 0.3) is 0 Å². The Hall–Kier alpha value is -4.79. The summed E-state index contributed by atoms with van der Waals surface area (Å²) in [4.78, 5) is 40.6. The van der Waals surface area contributed by atoms with Gasteiger partial charge >= 0.3 is 6.03 Å². The Labute approximate surface area is 195 Å². The number of amides is 3. The van der Waals surface area contributed by atoms with Crippen LogP contribution in [0.3, 0.4) is 0 Å². The molecule has 3 aromatic carbocycles. The van der Waals surface area contributed by atoms with E-state index in [1.165, 1.54) is 0 Å².